The summed E-state index contributed by atoms with van der Waals surface area (Å²) in [7, 11) is -2.48. The van der Waals surface area contributed by atoms with E-state index in [1.54, 1.807) is 6.07 Å². The second-order valence-corrected chi connectivity index (χ2v) is 7.70. The summed E-state index contributed by atoms with van der Waals surface area (Å²) in [6.07, 6.45) is 1.89. The molecule has 0 bridgehead atoms. The Hall–Kier alpha value is -1.48. The van der Waals surface area contributed by atoms with E-state index in [9.17, 15) is 13.2 Å². The van der Waals surface area contributed by atoms with Crippen LogP contribution in [0, 0.1) is 0 Å². The molecule has 24 heavy (non-hydrogen) atoms. The van der Waals surface area contributed by atoms with Crippen molar-refractivity contribution in [3.63, 3.8) is 0 Å². The zero-order valence-electron chi connectivity index (χ0n) is 13.5. The smallest absolute Gasteiger partial charge is 0.337 e. The van der Waals surface area contributed by atoms with Crippen LogP contribution in [0.5, 0.6) is 0 Å². The van der Waals surface area contributed by atoms with Crippen molar-refractivity contribution in [1.82, 2.24) is 4.31 Å². The molecule has 2 aliphatic heterocycles. The first kappa shape index (κ1) is 17.3. The Morgan fingerprint density at radius 1 is 1.25 bits per heavy atom. The third-order valence-corrected chi connectivity index (χ3v) is 6.24. The van der Waals surface area contributed by atoms with E-state index in [2.05, 4.69) is 4.74 Å². The summed E-state index contributed by atoms with van der Waals surface area (Å²) >= 11 is 0. The zero-order valence-corrected chi connectivity index (χ0v) is 14.3. The van der Waals surface area contributed by atoms with Gasteiger partial charge in [-0.15, -0.1) is 0 Å². The number of rotatable bonds is 4. The van der Waals surface area contributed by atoms with E-state index in [0.29, 0.717) is 26.2 Å². The van der Waals surface area contributed by atoms with Gasteiger partial charge in [-0.1, -0.05) is 12.5 Å². The lowest BCUT2D eigenvalue weighted by Crippen LogP contribution is -2.50. The van der Waals surface area contributed by atoms with Crippen LogP contribution in [0.15, 0.2) is 29.2 Å². The number of hydrogen-bond acceptors (Lipinski definition) is 6. The van der Waals surface area contributed by atoms with Gasteiger partial charge in [-0.05, 0) is 31.0 Å². The van der Waals surface area contributed by atoms with E-state index in [1.165, 1.54) is 29.6 Å². The topological polar surface area (TPSA) is 82.1 Å². The van der Waals surface area contributed by atoms with Crippen molar-refractivity contribution in [2.45, 2.75) is 36.5 Å². The first-order chi connectivity index (χ1) is 11.5. The highest BCUT2D eigenvalue weighted by molar-refractivity contribution is 7.89. The number of methoxy groups -OCH3 is 1. The fraction of sp³-hybridized carbons (Fsp3) is 0.562. The fourth-order valence-corrected chi connectivity index (χ4v) is 4.86. The van der Waals surface area contributed by atoms with Crippen molar-refractivity contribution in [2.75, 3.05) is 26.9 Å². The maximum Gasteiger partial charge on any atom is 0.337 e. The van der Waals surface area contributed by atoms with E-state index in [-0.39, 0.29) is 16.5 Å². The number of piperidine rings is 1. The number of carbonyl (C=O) groups excluding carboxylic acids is 1. The van der Waals surface area contributed by atoms with Gasteiger partial charge in [0, 0.05) is 6.54 Å². The minimum absolute atomic E-state index is 0.0790. The average molecular weight is 355 g/mol. The second kappa shape index (κ2) is 7.18. The largest absolute Gasteiger partial charge is 0.465 e. The molecule has 0 spiro atoms. The maximum atomic E-state index is 13.1. The van der Waals surface area contributed by atoms with Crippen molar-refractivity contribution in [3.8, 4) is 0 Å². The van der Waals surface area contributed by atoms with Crippen LogP contribution in [0.25, 0.3) is 0 Å². The Bertz CT molecular complexity index is 698. The molecule has 2 aliphatic rings. The van der Waals surface area contributed by atoms with Gasteiger partial charge in [-0.3, -0.25) is 0 Å². The highest BCUT2D eigenvalue weighted by Gasteiger charge is 2.40. The summed E-state index contributed by atoms with van der Waals surface area (Å²) in [5.41, 5.74) is 0.209. The van der Waals surface area contributed by atoms with Crippen molar-refractivity contribution in [1.29, 1.82) is 0 Å². The molecule has 1 aromatic carbocycles. The standard InChI is InChI=1S/C16H21NO6S/c1-21-15(18)12-5-4-6-13(11-12)24(19,20)17-8-3-2-7-14(17)16-22-9-10-23-16/h4-6,11,14,16H,2-3,7-10H2,1H3/t14-/m1/s1. The number of esters is 1. The predicted molar refractivity (Wildman–Crippen MR) is 85.0 cm³/mol. The summed E-state index contributed by atoms with van der Waals surface area (Å²) in [5.74, 6) is -0.565. The molecule has 132 valence electrons. The van der Waals surface area contributed by atoms with E-state index < -0.39 is 22.3 Å². The van der Waals surface area contributed by atoms with E-state index in [1.807, 2.05) is 0 Å². The third-order valence-electron chi connectivity index (χ3n) is 4.32. The number of ether oxygens (including phenoxy) is 3. The van der Waals surface area contributed by atoms with Crippen molar-refractivity contribution < 1.29 is 27.4 Å². The van der Waals surface area contributed by atoms with E-state index >= 15 is 0 Å². The summed E-state index contributed by atoms with van der Waals surface area (Å²) in [6, 6.07) is 5.57. The molecule has 8 heteroatoms. The van der Waals surface area contributed by atoms with Crippen LogP contribution in [-0.4, -0.2) is 57.9 Å². The van der Waals surface area contributed by atoms with Crippen LogP contribution in [0.4, 0.5) is 0 Å². The van der Waals surface area contributed by atoms with Gasteiger partial charge in [-0.25, -0.2) is 13.2 Å². The Kier molecular flexibility index (Phi) is 5.19. The van der Waals surface area contributed by atoms with Crippen molar-refractivity contribution in [2.24, 2.45) is 0 Å². The minimum atomic E-state index is -3.75. The van der Waals surface area contributed by atoms with Crippen LogP contribution in [0.2, 0.25) is 0 Å². The first-order valence-electron chi connectivity index (χ1n) is 7.97. The summed E-state index contributed by atoms with van der Waals surface area (Å²) in [5, 5.41) is 0. The van der Waals surface area contributed by atoms with Crippen molar-refractivity contribution >= 4 is 16.0 Å². The fourth-order valence-electron chi connectivity index (χ4n) is 3.14. The maximum absolute atomic E-state index is 13.1. The van der Waals surface area contributed by atoms with Crippen LogP contribution < -0.4 is 0 Å². The van der Waals surface area contributed by atoms with Crippen LogP contribution in [0.3, 0.4) is 0 Å². The molecule has 1 aromatic rings. The molecule has 7 nitrogen and oxygen atoms in total. The lowest BCUT2D eigenvalue weighted by Gasteiger charge is -2.36. The van der Waals surface area contributed by atoms with Crippen LogP contribution >= 0.6 is 0 Å². The van der Waals surface area contributed by atoms with E-state index in [4.69, 9.17) is 9.47 Å². The number of nitrogens with zero attached hydrogens (tertiary/aromatic N) is 1. The molecule has 0 N–H and O–H groups in total. The van der Waals surface area contributed by atoms with Crippen LogP contribution in [-0.2, 0) is 24.2 Å². The summed E-state index contributed by atoms with van der Waals surface area (Å²) < 4.78 is 43.3. The van der Waals surface area contributed by atoms with Gasteiger partial charge < -0.3 is 14.2 Å². The van der Waals surface area contributed by atoms with E-state index in [0.717, 1.165) is 12.8 Å². The molecule has 2 fully saturated rings. The number of benzene rings is 1. The lowest BCUT2D eigenvalue weighted by molar-refractivity contribution is -0.0913. The summed E-state index contributed by atoms with van der Waals surface area (Å²) in [6.45, 7) is 1.37. The van der Waals surface area contributed by atoms with Crippen molar-refractivity contribution in [3.05, 3.63) is 29.8 Å². The lowest BCUT2D eigenvalue weighted by atomic mass is 10.0. The highest BCUT2D eigenvalue weighted by Crippen LogP contribution is 2.30. The second-order valence-electron chi connectivity index (χ2n) is 5.81. The molecule has 0 amide bonds. The van der Waals surface area contributed by atoms with Gasteiger partial charge in [0.1, 0.15) is 0 Å². The molecule has 0 aromatic heterocycles. The van der Waals surface area contributed by atoms with Gasteiger partial charge in [0.05, 0.1) is 36.8 Å². The predicted octanol–water partition coefficient (Wildman–Crippen LogP) is 1.39. The molecule has 0 aliphatic carbocycles. The summed E-state index contributed by atoms with van der Waals surface area (Å²) in [4.78, 5) is 11.8. The van der Waals surface area contributed by atoms with Gasteiger partial charge in [-0.2, -0.15) is 4.31 Å². The Morgan fingerprint density at radius 2 is 2.00 bits per heavy atom. The molecule has 2 saturated heterocycles. The van der Waals surface area contributed by atoms with Gasteiger partial charge in [0.15, 0.2) is 6.29 Å². The first-order valence-corrected chi connectivity index (χ1v) is 9.41. The molecule has 0 saturated carbocycles. The molecule has 0 unspecified atom stereocenters. The normalized spacial score (nSPS) is 23.3. The quantitative estimate of drug-likeness (QED) is 0.759. The van der Waals surface area contributed by atoms with Gasteiger partial charge in [0.25, 0.3) is 0 Å². The SMILES string of the molecule is COC(=O)c1cccc(S(=O)(=O)N2CCCC[C@@H]2C2OCCO2)c1. The molecular weight excluding hydrogens is 334 g/mol. The monoisotopic (exact) mass is 355 g/mol. The van der Waals surface area contributed by atoms with Gasteiger partial charge >= 0.3 is 5.97 Å². The average Bonchev–Trinajstić information content (AvgIpc) is 3.15. The molecule has 2 heterocycles. The zero-order chi connectivity index (χ0) is 17.2. The Morgan fingerprint density at radius 3 is 2.71 bits per heavy atom. The molecular formula is C16H21NO6S. The van der Waals surface area contributed by atoms with Crippen LogP contribution in [0.1, 0.15) is 29.6 Å². The molecule has 1 atom stereocenters. The Balaban J connectivity index is 1.91. The highest BCUT2D eigenvalue weighted by atomic mass is 32.2. The number of hydrogen-bond donors (Lipinski definition) is 0. The van der Waals surface area contributed by atoms with Gasteiger partial charge in [0.2, 0.25) is 10.0 Å². The Labute approximate surface area is 141 Å². The molecule has 0 radical (unpaired) electrons. The third kappa shape index (κ3) is 3.32. The molecule has 3 rings (SSSR count). The number of carbonyl (C=O) groups is 1. The number of sulfonamides is 1. The minimum Gasteiger partial charge on any atom is -0.465 e.